The van der Waals surface area contributed by atoms with Crippen LogP contribution < -0.4 is 5.32 Å². The molecule has 15 heavy (non-hydrogen) atoms. The van der Waals surface area contributed by atoms with Gasteiger partial charge in [0.2, 0.25) is 0 Å². The molecule has 1 aromatic rings. The summed E-state index contributed by atoms with van der Waals surface area (Å²) in [6.45, 7) is 3.81. The lowest BCUT2D eigenvalue weighted by molar-refractivity contribution is 0.101. The van der Waals surface area contributed by atoms with Crippen molar-refractivity contribution in [2.45, 2.75) is 25.7 Å². The van der Waals surface area contributed by atoms with Crippen molar-refractivity contribution in [1.82, 2.24) is 5.32 Å². The van der Waals surface area contributed by atoms with E-state index in [2.05, 4.69) is 17.4 Å². The van der Waals surface area contributed by atoms with Crippen LogP contribution >= 0.6 is 0 Å². The van der Waals surface area contributed by atoms with Gasteiger partial charge in [-0.2, -0.15) is 0 Å². The van der Waals surface area contributed by atoms with Crippen LogP contribution in [0.2, 0.25) is 0 Å². The zero-order valence-corrected chi connectivity index (χ0v) is 9.12. The number of piperidine rings is 1. The van der Waals surface area contributed by atoms with Crippen molar-refractivity contribution in [3.8, 4) is 0 Å². The molecule has 0 amide bonds. The summed E-state index contributed by atoms with van der Waals surface area (Å²) < 4.78 is 0. The van der Waals surface area contributed by atoms with E-state index in [1.165, 1.54) is 18.4 Å². The Morgan fingerprint density at radius 3 is 2.73 bits per heavy atom. The van der Waals surface area contributed by atoms with Crippen LogP contribution in [0.1, 0.15) is 41.6 Å². The van der Waals surface area contributed by atoms with Crippen molar-refractivity contribution >= 4 is 5.78 Å². The standard InChI is InChI=1S/C13H17NO/c1-10(15)12-3-2-4-13(9-12)11-5-7-14-8-6-11/h2-4,9,11,14H,5-8H2,1H3. The minimum atomic E-state index is 0.158. The van der Waals surface area contributed by atoms with Gasteiger partial charge in [-0.1, -0.05) is 18.2 Å². The Morgan fingerprint density at radius 1 is 1.33 bits per heavy atom. The predicted molar refractivity (Wildman–Crippen MR) is 61.3 cm³/mol. The van der Waals surface area contributed by atoms with Crippen molar-refractivity contribution in [1.29, 1.82) is 0 Å². The largest absolute Gasteiger partial charge is 0.317 e. The molecule has 1 aromatic carbocycles. The molecule has 0 aliphatic carbocycles. The molecule has 0 atom stereocenters. The van der Waals surface area contributed by atoms with Gasteiger partial charge in [0, 0.05) is 5.56 Å². The normalized spacial score (nSPS) is 17.7. The second kappa shape index (κ2) is 4.58. The molecule has 1 aliphatic rings. The maximum Gasteiger partial charge on any atom is 0.159 e. The number of nitrogens with one attached hydrogen (secondary N) is 1. The molecule has 0 spiro atoms. The van der Waals surface area contributed by atoms with E-state index in [0.717, 1.165) is 18.7 Å². The Bertz CT molecular complexity index is 353. The van der Waals surface area contributed by atoms with Crippen LogP contribution in [0.25, 0.3) is 0 Å². The van der Waals surface area contributed by atoms with Crippen LogP contribution in [-0.2, 0) is 0 Å². The van der Waals surface area contributed by atoms with Gasteiger partial charge in [-0.05, 0) is 50.4 Å². The molecule has 0 radical (unpaired) electrons. The van der Waals surface area contributed by atoms with Gasteiger partial charge in [0.15, 0.2) is 5.78 Å². The molecule has 2 nitrogen and oxygen atoms in total. The smallest absolute Gasteiger partial charge is 0.159 e. The first-order valence-electron chi connectivity index (χ1n) is 5.59. The summed E-state index contributed by atoms with van der Waals surface area (Å²) in [5.74, 6) is 0.788. The van der Waals surface area contributed by atoms with Gasteiger partial charge in [0.05, 0.1) is 0 Å². The molecule has 1 fully saturated rings. The monoisotopic (exact) mass is 203 g/mol. The van der Waals surface area contributed by atoms with E-state index in [1.807, 2.05) is 12.1 Å². The highest BCUT2D eigenvalue weighted by Crippen LogP contribution is 2.25. The third-order valence-electron chi connectivity index (χ3n) is 3.10. The molecule has 1 aliphatic heterocycles. The molecule has 0 saturated carbocycles. The van der Waals surface area contributed by atoms with Crippen LogP contribution in [0, 0.1) is 0 Å². The van der Waals surface area contributed by atoms with Gasteiger partial charge in [0.25, 0.3) is 0 Å². The zero-order valence-electron chi connectivity index (χ0n) is 9.12. The molecule has 80 valence electrons. The maximum absolute atomic E-state index is 11.3. The Morgan fingerprint density at radius 2 is 2.07 bits per heavy atom. The number of ketones is 1. The maximum atomic E-state index is 11.3. The Labute approximate surface area is 90.7 Å². The van der Waals surface area contributed by atoms with Crippen LogP contribution in [-0.4, -0.2) is 18.9 Å². The summed E-state index contributed by atoms with van der Waals surface area (Å²) >= 11 is 0. The second-order valence-corrected chi connectivity index (χ2v) is 4.21. The fourth-order valence-corrected chi connectivity index (χ4v) is 2.17. The lowest BCUT2D eigenvalue weighted by Gasteiger charge is -2.23. The Balaban J connectivity index is 2.19. The number of carbonyl (C=O) groups is 1. The van der Waals surface area contributed by atoms with E-state index < -0.39 is 0 Å². The fourth-order valence-electron chi connectivity index (χ4n) is 2.17. The lowest BCUT2D eigenvalue weighted by Crippen LogP contribution is -2.26. The van der Waals surface area contributed by atoms with Crippen LogP contribution in [0.5, 0.6) is 0 Å². The first kappa shape index (κ1) is 10.4. The van der Waals surface area contributed by atoms with Gasteiger partial charge >= 0.3 is 0 Å². The molecular formula is C13H17NO. The number of hydrogen-bond donors (Lipinski definition) is 1. The summed E-state index contributed by atoms with van der Waals surface area (Å²) in [5.41, 5.74) is 2.16. The van der Waals surface area contributed by atoms with Crippen molar-refractivity contribution in [3.63, 3.8) is 0 Å². The van der Waals surface area contributed by atoms with Crippen molar-refractivity contribution in [2.75, 3.05) is 13.1 Å². The van der Waals surface area contributed by atoms with Gasteiger partial charge < -0.3 is 5.32 Å². The molecule has 1 N–H and O–H groups in total. The van der Waals surface area contributed by atoms with Gasteiger partial charge in [-0.3, -0.25) is 4.79 Å². The highest BCUT2D eigenvalue weighted by Gasteiger charge is 2.15. The first-order chi connectivity index (χ1) is 7.27. The first-order valence-corrected chi connectivity index (χ1v) is 5.59. The van der Waals surface area contributed by atoms with Crippen molar-refractivity contribution in [3.05, 3.63) is 35.4 Å². The summed E-state index contributed by atoms with van der Waals surface area (Å²) in [6, 6.07) is 8.09. The topological polar surface area (TPSA) is 29.1 Å². The van der Waals surface area contributed by atoms with Gasteiger partial charge in [-0.15, -0.1) is 0 Å². The van der Waals surface area contributed by atoms with E-state index in [1.54, 1.807) is 6.92 Å². The quantitative estimate of drug-likeness (QED) is 0.748. The molecule has 1 heterocycles. The van der Waals surface area contributed by atoms with Crippen LogP contribution in [0.15, 0.2) is 24.3 Å². The number of Topliss-reactive ketones (excluding diaryl/α,β-unsaturated/α-hetero) is 1. The van der Waals surface area contributed by atoms with E-state index in [4.69, 9.17) is 0 Å². The van der Waals surface area contributed by atoms with E-state index >= 15 is 0 Å². The lowest BCUT2D eigenvalue weighted by atomic mass is 9.89. The summed E-state index contributed by atoms with van der Waals surface area (Å²) in [7, 11) is 0. The molecular weight excluding hydrogens is 186 g/mol. The number of rotatable bonds is 2. The predicted octanol–water partition coefficient (Wildman–Crippen LogP) is 2.36. The SMILES string of the molecule is CC(=O)c1cccc(C2CCNCC2)c1. The third kappa shape index (κ3) is 2.45. The molecule has 0 bridgehead atoms. The molecule has 2 heteroatoms. The minimum absolute atomic E-state index is 0.158. The molecule has 0 unspecified atom stereocenters. The highest BCUT2D eigenvalue weighted by atomic mass is 16.1. The minimum Gasteiger partial charge on any atom is -0.317 e. The Kier molecular flexibility index (Phi) is 3.17. The number of benzene rings is 1. The number of carbonyl (C=O) groups excluding carboxylic acids is 1. The van der Waals surface area contributed by atoms with Crippen molar-refractivity contribution in [2.24, 2.45) is 0 Å². The van der Waals surface area contributed by atoms with Gasteiger partial charge in [-0.25, -0.2) is 0 Å². The van der Waals surface area contributed by atoms with Crippen LogP contribution in [0.3, 0.4) is 0 Å². The third-order valence-corrected chi connectivity index (χ3v) is 3.10. The summed E-state index contributed by atoms with van der Waals surface area (Å²) in [4.78, 5) is 11.3. The fraction of sp³-hybridized carbons (Fsp3) is 0.462. The Hall–Kier alpha value is -1.15. The summed E-state index contributed by atoms with van der Waals surface area (Å²) in [6.07, 6.45) is 2.36. The summed E-state index contributed by atoms with van der Waals surface area (Å²) in [5, 5.41) is 3.35. The highest BCUT2D eigenvalue weighted by molar-refractivity contribution is 5.94. The molecule has 1 saturated heterocycles. The van der Waals surface area contributed by atoms with Crippen molar-refractivity contribution < 1.29 is 4.79 Å². The van der Waals surface area contributed by atoms with E-state index in [9.17, 15) is 4.79 Å². The number of hydrogen-bond acceptors (Lipinski definition) is 2. The zero-order chi connectivity index (χ0) is 10.7. The molecule has 0 aromatic heterocycles. The average Bonchev–Trinajstić information content (AvgIpc) is 2.30. The average molecular weight is 203 g/mol. The second-order valence-electron chi connectivity index (χ2n) is 4.21. The van der Waals surface area contributed by atoms with E-state index in [0.29, 0.717) is 5.92 Å². The van der Waals surface area contributed by atoms with Gasteiger partial charge in [0.1, 0.15) is 0 Å². The molecule has 2 rings (SSSR count). The van der Waals surface area contributed by atoms with E-state index in [-0.39, 0.29) is 5.78 Å². The van der Waals surface area contributed by atoms with Crippen LogP contribution in [0.4, 0.5) is 0 Å².